The largest absolute Gasteiger partial charge is 0.371 e. The number of hydrogen-bond donors (Lipinski definition) is 1. The number of anilines is 1. The van der Waals surface area contributed by atoms with Crippen LogP contribution in [0.3, 0.4) is 0 Å². The van der Waals surface area contributed by atoms with Crippen LogP contribution in [0.25, 0.3) is 0 Å². The maximum Gasteiger partial charge on any atom is 0.0397 e. The van der Waals surface area contributed by atoms with Crippen molar-refractivity contribution < 1.29 is 0 Å². The first-order valence-corrected chi connectivity index (χ1v) is 8.06. The molecule has 0 amide bonds. The second kappa shape index (κ2) is 5.72. The molecule has 0 bridgehead atoms. The Bertz CT molecular complexity index is 421. The van der Waals surface area contributed by atoms with E-state index in [-0.39, 0.29) is 0 Å². The summed E-state index contributed by atoms with van der Waals surface area (Å²) in [5, 5.41) is 3.94. The fourth-order valence-corrected chi connectivity index (χ4v) is 3.78. The topological polar surface area (TPSA) is 28.2 Å². The number of nitrogens with zero attached hydrogens (tertiary/aromatic N) is 2. The summed E-state index contributed by atoms with van der Waals surface area (Å²) < 4.78 is 0. The normalized spacial score (nSPS) is 26.9. The molecule has 3 nitrogen and oxygen atoms in total. The second-order valence-corrected chi connectivity index (χ2v) is 7.07. The van der Waals surface area contributed by atoms with Crippen LogP contribution in [0.1, 0.15) is 46.0 Å². The first-order valence-electron chi connectivity index (χ1n) is 8.06. The van der Waals surface area contributed by atoms with Crippen LogP contribution in [-0.4, -0.2) is 30.2 Å². The van der Waals surface area contributed by atoms with Crippen molar-refractivity contribution in [2.75, 3.05) is 18.0 Å². The molecule has 1 atom stereocenters. The van der Waals surface area contributed by atoms with Gasteiger partial charge in [-0.3, -0.25) is 4.98 Å². The van der Waals surface area contributed by atoms with Crippen LogP contribution in [0.5, 0.6) is 0 Å². The monoisotopic (exact) mass is 273 g/mol. The van der Waals surface area contributed by atoms with Crippen LogP contribution in [0, 0.1) is 5.41 Å². The van der Waals surface area contributed by atoms with Crippen LogP contribution < -0.4 is 10.2 Å². The average molecular weight is 273 g/mol. The van der Waals surface area contributed by atoms with Gasteiger partial charge in [-0.25, -0.2) is 0 Å². The molecule has 3 rings (SSSR count). The summed E-state index contributed by atoms with van der Waals surface area (Å²) >= 11 is 0. The van der Waals surface area contributed by atoms with Crippen molar-refractivity contribution in [1.82, 2.24) is 10.3 Å². The molecule has 1 aromatic rings. The standard InChI is InChI=1S/C17H27N3/c1-17(2)9-3-4-16(17)19-14-7-12-20(13-8-14)15-5-10-18-11-6-15/h5-6,10-11,14,16,19H,3-4,7-9,12-13H2,1-2H3. The molecule has 110 valence electrons. The maximum atomic E-state index is 4.10. The van der Waals surface area contributed by atoms with Crippen molar-refractivity contribution in [2.24, 2.45) is 5.41 Å². The van der Waals surface area contributed by atoms with Gasteiger partial charge >= 0.3 is 0 Å². The van der Waals surface area contributed by atoms with E-state index in [0.717, 1.165) is 19.1 Å². The van der Waals surface area contributed by atoms with Crippen molar-refractivity contribution in [3.63, 3.8) is 0 Å². The number of pyridine rings is 1. The maximum absolute atomic E-state index is 4.10. The summed E-state index contributed by atoms with van der Waals surface area (Å²) in [6, 6.07) is 5.66. The van der Waals surface area contributed by atoms with E-state index in [1.165, 1.54) is 37.8 Å². The van der Waals surface area contributed by atoms with Gasteiger partial charge in [-0.05, 0) is 43.2 Å². The minimum atomic E-state index is 0.488. The zero-order valence-corrected chi connectivity index (χ0v) is 12.8. The Hall–Kier alpha value is -1.09. The Morgan fingerprint density at radius 1 is 1.15 bits per heavy atom. The minimum absolute atomic E-state index is 0.488. The van der Waals surface area contributed by atoms with Gasteiger partial charge in [0, 0.05) is 43.3 Å². The van der Waals surface area contributed by atoms with E-state index in [1.807, 2.05) is 12.4 Å². The van der Waals surface area contributed by atoms with Crippen LogP contribution in [0.2, 0.25) is 0 Å². The van der Waals surface area contributed by atoms with Gasteiger partial charge in [-0.15, -0.1) is 0 Å². The SMILES string of the molecule is CC1(C)CCCC1NC1CCN(c2ccncc2)CC1. The predicted octanol–water partition coefficient (Wildman–Crippen LogP) is 3.22. The molecule has 0 aromatic carbocycles. The predicted molar refractivity (Wildman–Crippen MR) is 84.0 cm³/mol. The summed E-state index contributed by atoms with van der Waals surface area (Å²) in [5.41, 5.74) is 1.81. The minimum Gasteiger partial charge on any atom is -0.371 e. The molecule has 0 radical (unpaired) electrons. The summed E-state index contributed by atoms with van der Waals surface area (Å²) in [7, 11) is 0. The number of piperidine rings is 1. The lowest BCUT2D eigenvalue weighted by Gasteiger charge is -2.38. The number of aromatic nitrogens is 1. The molecular formula is C17H27N3. The third-order valence-corrected chi connectivity index (χ3v) is 5.22. The highest BCUT2D eigenvalue weighted by Gasteiger charge is 2.35. The van der Waals surface area contributed by atoms with Crippen molar-refractivity contribution in [2.45, 2.75) is 58.0 Å². The third kappa shape index (κ3) is 2.98. The Kier molecular flexibility index (Phi) is 3.97. The lowest BCUT2D eigenvalue weighted by molar-refractivity contribution is 0.246. The van der Waals surface area contributed by atoms with Crippen molar-refractivity contribution >= 4 is 5.69 Å². The van der Waals surface area contributed by atoms with E-state index in [0.29, 0.717) is 11.5 Å². The summed E-state index contributed by atoms with van der Waals surface area (Å²) in [6.45, 7) is 7.16. The molecular weight excluding hydrogens is 246 g/mol. The lowest BCUT2D eigenvalue weighted by atomic mass is 9.86. The summed E-state index contributed by atoms with van der Waals surface area (Å²) in [5.74, 6) is 0. The second-order valence-electron chi connectivity index (χ2n) is 7.07. The lowest BCUT2D eigenvalue weighted by Crippen LogP contribution is -2.49. The average Bonchev–Trinajstić information content (AvgIpc) is 2.80. The third-order valence-electron chi connectivity index (χ3n) is 5.22. The van der Waals surface area contributed by atoms with Crippen molar-refractivity contribution in [1.29, 1.82) is 0 Å². The molecule has 1 saturated heterocycles. The number of rotatable bonds is 3. The Balaban J connectivity index is 1.52. The van der Waals surface area contributed by atoms with E-state index in [9.17, 15) is 0 Å². The Morgan fingerprint density at radius 2 is 1.85 bits per heavy atom. The van der Waals surface area contributed by atoms with Crippen LogP contribution in [0.4, 0.5) is 5.69 Å². The van der Waals surface area contributed by atoms with E-state index < -0.39 is 0 Å². The summed E-state index contributed by atoms with van der Waals surface area (Å²) in [6.07, 6.45) is 10.4. The first-order chi connectivity index (χ1) is 9.65. The zero-order valence-electron chi connectivity index (χ0n) is 12.8. The molecule has 2 fully saturated rings. The van der Waals surface area contributed by atoms with Gasteiger partial charge in [-0.1, -0.05) is 20.3 Å². The van der Waals surface area contributed by atoms with Crippen LogP contribution in [0.15, 0.2) is 24.5 Å². The highest BCUT2D eigenvalue weighted by molar-refractivity contribution is 5.44. The molecule has 2 aliphatic rings. The van der Waals surface area contributed by atoms with E-state index in [1.54, 1.807) is 0 Å². The summed E-state index contributed by atoms with van der Waals surface area (Å²) in [4.78, 5) is 6.59. The molecule has 1 aromatic heterocycles. The molecule has 20 heavy (non-hydrogen) atoms. The molecule has 1 aliphatic heterocycles. The van der Waals surface area contributed by atoms with E-state index in [4.69, 9.17) is 0 Å². The highest BCUT2D eigenvalue weighted by Crippen LogP contribution is 2.37. The van der Waals surface area contributed by atoms with Gasteiger partial charge < -0.3 is 10.2 Å². The quantitative estimate of drug-likeness (QED) is 0.916. The molecule has 0 spiro atoms. The zero-order chi connectivity index (χ0) is 14.0. The van der Waals surface area contributed by atoms with Crippen molar-refractivity contribution in [3.8, 4) is 0 Å². The smallest absolute Gasteiger partial charge is 0.0397 e. The van der Waals surface area contributed by atoms with Gasteiger partial charge in [0.1, 0.15) is 0 Å². The fourth-order valence-electron chi connectivity index (χ4n) is 3.78. The Labute approximate surface area is 122 Å². The first kappa shape index (κ1) is 13.9. The van der Waals surface area contributed by atoms with Crippen LogP contribution in [-0.2, 0) is 0 Å². The Morgan fingerprint density at radius 3 is 2.45 bits per heavy atom. The van der Waals surface area contributed by atoms with Crippen molar-refractivity contribution in [3.05, 3.63) is 24.5 Å². The molecule has 1 aliphatic carbocycles. The fraction of sp³-hybridized carbons (Fsp3) is 0.706. The van der Waals surface area contributed by atoms with Gasteiger partial charge in [0.25, 0.3) is 0 Å². The van der Waals surface area contributed by atoms with Gasteiger partial charge in [0.15, 0.2) is 0 Å². The molecule has 1 N–H and O–H groups in total. The number of hydrogen-bond acceptors (Lipinski definition) is 3. The van der Waals surface area contributed by atoms with Crippen LogP contribution >= 0.6 is 0 Å². The molecule has 1 unspecified atom stereocenters. The van der Waals surface area contributed by atoms with Gasteiger partial charge in [0.2, 0.25) is 0 Å². The van der Waals surface area contributed by atoms with Gasteiger partial charge in [-0.2, -0.15) is 0 Å². The van der Waals surface area contributed by atoms with E-state index >= 15 is 0 Å². The highest BCUT2D eigenvalue weighted by atomic mass is 15.2. The van der Waals surface area contributed by atoms with Gasteiger partial charge in [0.05, 0.1) is 0 Å². The molecule has 1 saturated carbocycles. The molecule has 2 heterocycles. The number of nitrogens with one attached hydrogen (secondary N) is 1. The van der Waals surface area contributed by atoms with E-state index in [2.05, 4.69) is 41.2 Å². The molecule has 3 heteroatoms.